The first-order valence-corrected chi connectivity index (χ1v) is 10.0. The lowest BCUT2D eigenvalue weighted by Crippen LogP contribution is -2.39. The zero-order valence-corrected chi connectivity index (χ0v) is 15.9. The molecule has 0 aromatic carbocycles. The molecule has 0 aromatic heterocycles. The first kappa shape index (κ1) is 22.0. The highest BCUT2D eigenvalue weighted by molar-refractivity contribution is 6.36. The van der Waals surface area contributed by atoms with Crippen LogP contribution in [0.2, 0.25) is 0 Å². The molecule has 0 aliphatic heterocycles. The van der Waals surface area contributed by atoms with E-state index in [0.29, 0.717) is 19.2 Å². The first-order valence-electron chi connectivity index (χ1n) is 8.79. The maximum absolute atomic E-state index is 5.68. The Morgan fingerprint density at radius 2 is 1.55 bits per heavy atom. The summed E-state index contributed by atoms with van der Waals surface area (Å²) in [6.07, 6.45) is 11.9. The molecule has 0 amide bonds. The molecular weight excluding hydrogens is 296 g/mol. The van der Waals surface area contributed by atoms with Crippen LogP contribution in [0.3, 0.4) is 0 Å². The second kappa shape index (κ2) is 17.4. The van der Waals surface area contributed by atoms with Gasteiger partial charge in [0.2, 0.25) is 0 Å². The van der Waals surface area contributed by atoms with Gasteiger partial charge in [0.15, 0.2) is 0 Å². The molecule has 3 N–H and O–H groups in total. The fourth-order valence-electron chi connectivity index (χ4n) is 2.43. The van der Waals surface area contributed by atoms with Gasteiger partial charge in [-0.1, -0.05) is 58.3 Å². The van der Waals surface area contributed by atoms with Crippen LogP contribution in [-0.2, 0) is 13.3 Å². The van der Waals surface area contributed by atoms with E-state index in [-0.39, 0.29) is 0 Å². The summed E-state index contributed by atoms with van der Waals surface area (Å²) in [6.45, 7) is 4.37. The molecule has 1 atom stereocenters. The SMILES string of the molecule is CCCCCCCCCCC(CO[Si](OC)OC)NCCN. The second-order valence-electron chi connectivity index (χ2n) is 5.67. The number of hydrogen-bond donors (Lipinski definition) is 2. The average molecular weight is 334 g/mol. The number of hydrogen-bond acceptors (Lipinski definition) is 5. The van der Waals surface area contributed by atoms with Crippen LogP contribution < -0.4 is 11.1 Å². The quantitative estimate of drug-likeness (QED) is 0.316. The third kappa shape index (κ3) is 13.7. The minimum absolute atomic E-state index is 0.342. The van der Waals surface area contributed by atoms with Gasteiger partial charge >= 0.3 is 9.53 Å². The molecule has 0 rings (SSSR count). The van der Waals surface area contributed by atoms with Crippen molar-refractivity contribution >= 4 is 9.53 Å². The summed E-state index contributed by atoms with van der Waals surface area (Å²) < 4.78 is 16.0. The van der Waals surface area contributed by atoms with Crippen LogP contribution in [-0.4, -0.2) is 49.5 Å². The van der Waals surface area contributed by atoms with Crippen LogP contribution in [0, 0.1) is 0 Å². The lowest BCUT2D eigenvalue weighted by molar-refractivity contribution is 0.120. The summed E-state index contributed by atoms with van der Waals surface area (Å²) in [6, 6.07) is 0.342. The van der Waals surface area contributed by atoms with Crippen molar-refractivity contribution in [3.63, 3.8) is 0 Å². The molecule has 0 aliphatic rings. The zero-order valence-electron chi connectivity index (χ0n) is 14.9. The van der Waals surface area contributed by atoms with Gasteiger partial charge in [-0.2, -0.15) is 0 Å². The number of unbranched alkanes of at least 4 members (excludes halogenated alkanes) is 7. The van der Waals surface area contributed by atoms with E-state index in [2.05, 4.69) is 12.2 Å². The average Bonchev–Trinajstić information content (AvgIpc) is 2.55. The van der Waals surface area contributed by atoms with Crippen LogP contribution in [0.1, 0.15) is 64.7 Å². The summed E-state index contributed by atoms with van der Waals surface area (Å²) in [7, 11) is 1.69. The van der Waals surface area contributed by atoms with Gasteiger partial charge in [0.1, 0.15) is 0 Å². The van der Waals surface area contributed by atoms with Gasteiger partial charge in [-0.05, 0) is 6.42 Å². The summed E-state index contributed by atoms with van der Waals surface area (Å²) in [4.78, 5) is 0. The van der Waals surface area contributed by atoms with Crippen molar-refractivity contribution in [1.82, 2.24) is 5.32 Å². The third-order valence-electron chi connectivity index (χ3n) is 3.72. The molecule has 133 valence electrons. The Morgan fingerprint density at radius 1 is 0.955 bits per heavy atom. The molecule has 1 unspecified atom stereocenters. The Bertz CT molecular complexity index is 220. The molecule has 5 nitrogen and oxygen atoms in total. The fourth-order valence-corrected chi connectivity index (χ4v) is 3.17. The van der Waals surface area contributed by atoms with Gasteiger partial charge in [-0.3, -0.25) is 0 Å². The lowest BCUT2D eigenvalue weighted by atomic mass is 10.0. The Kier molecular flexibility index (Phi) is 17.4. The molecule has 0 saturated carbocycles. The maximum atomic E-state index is 5.68. The van der Waals surface area contributed by atoms with Crippen LogP contribution in [0.25, 0.3) is 0 Å². The van der Waals surface area contributed by atoms with Crippen molar-refractivity contribution in [2.75, 3.05) is 33.9 Å². The minimum atomic E-state index is -1.56. The van der Waals surface area contributed by atoms with Crippen LogP contribution in [0.15, 0.2) is 0 Å². The predicted molar refractivity (Wildman–Crippen MR) is 93.8 cm³/mol. The highest BCUT2D eigenvalue weighted by Crippen LogP contribution is 2.11. The summed E-state index contributed by atoms with van der Waals surface area (Å²) >= 11 is 0. The van der Waals surface area contributed by atoms with Crippen molar-refractivity contribution in [1.29, 1.82) is 0 Å². The van der Waals surface area contributed by atoms with Crippen molar-refractivity contribution in [2.45, 2.75) is 70.8 Å². The Balaban J connectivity index is 3.70. The maximum Gasteiger partial charge on any atom is 0.577 e. The Labute approximate surface area is 139 Å². The number of nitrogens with one attached hydrogen (secondary N) is 1. The third-order valence-corrected chi connectivity index (χ3v) is 4.79. The standard InChI is InChI=1S/C16H37N2O3Si/c1-4-5-6-7-8-9-10-11-12-16(18-14-13-17)15-21-22(19-2)20-3/h16,18H,4-15,17H2,1-3H3. The molecule has 0 spiro atoms. The smallest absolute Gasteiger partial charge is 0.375 e. The zero-order chi connectivity index (χ0) is 16.5. The number of nitrogens with two attached hydrogens (primary N) is 1. The van der Waals surface area contributed by atoms with Crippen LogP contribution in [0.5, 0.6) is 0 Å². The van der Waals surface area contributed by atoms with Crippen molar-refractivity contribution < 1.29 is 13.3 Å². The summed E-state index contributed by atoms with van der Waals surface area (Å²) in [5, 5.41) is 3.45. The summed E-state index contributed by atoms with van der Waals surface area (Å²) in [5.41, 5.74) is 5.57. The Morgan fingerprint density at radius 3 is 2.09 bits per heavy atom. The minimum Gasteiger partial charge on any atom is -0.375 e. The lowest BCUT2D eigenvalue weighted by Gasteiger charge is -2.20. The van der Waals surface area contributed by atoms with Gasteiger partial charge in [0.05, 0.1) is 6.61 Å². The molecule has 0 saturated heterocycles. The highest BCUT2D eigenvalue weighted by Gasteiger charge is 2.17. The van der Waals surface area contributed by atoms with E-state index in [1.807, 2.05) is 0 Å². The van der Waals surface area contributed by atoms with E-state index in [1.54, 1.807) is 14.2 Å². The number of rotatable bonds is 17. The van der Waals surface area contributed by atoms with Crippen LogP contribution >= 0.6 is 0 Å². The molecule has 0 bridgehead atoms. The van der Waals surface area contributed by atoms with E-state index >= 15 is 0 Å². The first-order chi connectivity index (χ1) is 10.8. The molecule has 0 aliphatic carbocycles. The van der Waals surface area contributed by atoms with E-state index < -0.39 is 9.53 Å². The van der Waals surface area contributed by atoms with E-state index in [4.69, 9.17) is 19.0 Å². The molecule has 22 heavy (non-hydrogen) atoms. The molecule has 6 heteroatoms. The van der Waals surface area contributed by atoms with E-state index in [0.717, 1.165) is 13.0 Å². The van der Waals surface area contributed by atoms with Gasteiger partial charge in [-0.25, -0.2) is 0 Å². The highest BCUT2D eigenvalue weighted by atomic mass is 28.3. The van der Waals surface area contributed by atoms with Gasteiger partial charge in [0, 0.05) is 33.4 Å². The van der Waals surface area contributed by atoms with Crippen molar-refractivity contribution in [3.8, 4) is 0 Å². The van der Waals surface area contributed by atoms with E-state index in [1.165, 1.54) is 51.4 Å². The van der Waals surface area contributed by atoms with Gasteiger partial charge < -0.3 is 24.3 Å². The van der Waals surface area contributed by atoms with Gasteiger partial charge in [0.25, 0.3) is 0 Å². The van der Waals surface area contributed by atoms with Crippen molar-refractivity contribution in [3.05, 3.63) is 0 Å². The Hall–Kier alpha value is 0.0169. The molecule has 1 radical (unpaired) electrons. The summed E-state index contributed by atoms with van der Waals surface area (Å²) in [5.74, 6) is 0. The molecule has 0 fully saturated rings. The second-order valence-corrected chi connectivity index (χ2v) is 7.28. The monoisotopic (exact) mass is 333 g/mol. The molecular formula is C16H37N2O3Si. The molecule has 0 heterocycles. The topological polar surface area (TPSA) is 65.7 Å². The predicted octanol–water partition coefficient (Wildman–Crippen LogP) is 2.73. The van der Waals surface area contributed by atoms with Gasteiger partial charge in [-0.15, -0.1) is 0 Å². The normalized spacial score (nSPS) is 13.0. The largest absolute Gasteiger partial charge is 0.577 e. The van der Waals surface area contributed by atoms with Crippen molar-refractivity contribution in [2.24, 2.45) is 5.73 Å². The molecule has 0 aromatic rings. The fraction of sp³-hybridized carbons (Fsp3) is 1.00. The van der Waals surface area contributed by atoms with E-state index in [9.17, 15) is 0 Å². The van der Waals surface area contributed by atoms with Crippen LogP contribution in [0.4, 0.5) is 0 Å².